The smallest absolute Gasteiger partial charge is 0.298 e. The minimum atomic E-state index is -3.69. The number of aryl methyl sites for hydroxylation is 1. The normalized spacial score (nSPS) is 17.5. The Balaban J connectivity index is 1.66. The number of anilines is 1. The largest absolute Gasteiger partial charge is 0.471 e. The number of halogens is 3. The number of fused-ring (bicyclic) bond motifs is 1. The van der Waals surface area contributed by atoms with Crippen molar-refractivity contribution in [3.63, 3.8) is 0 Å². The summed E-state index contributed by atoms with van der Waals surface area (Å²) in [5, 5.41) is 20.6. The van der Waals surface area contributed by atoms with Crippen LogP contribution in [0.1, 0.15) is 36.3 Å². The van der Waals surface area contributed by atoms with Crippen molar-refractivity contribution in [3.8, 4) is 5.88 Å². The van der Waals surface area contributed by atoms with Gasteiger partial charge in [-0.2, -0.15) is 8.78 Å². The number of aliphatic hydroxyl groups excluding tert-OH is 1. The van der Waals surface area contributed by atoms with Gasteiger partial charge in [-0.1, -0.05) is 12.1 Å². The molecule has 1 aliphatic heterocycles. The highest BCUT2D eigenvalue weighted by atomic mass is 19.3. The van der Waals surface area contributed by atoms with Gasteiger partial charge in [-0.15, -0.1) is 10.2 Å². The molecule has 1 fully saturated rings. The van der Waals surface area contributed by atoms with Crippen molar-refractivity contribution in [2.24, 2.45) is 0 Å². The number of hydrogen-bond acceptors (Lipinski definition) is 8. The third-order valence-electron chi connectivity index (χ3n) is 5.16. The number of rotatable bonds is 7. The maximum absolute atomic E-state index is 14.9. The van der Waals surface area contributed by atoms with E-state index in [2.05, 4.69) is 25.5 Å². The summed E-state index contributed by atoms with van der Waals surface area (Å²) in [4.78, 5) is 8.63. The molecule has 0 unspecified atom stereocenters. The molecular formula is C21H22F3N5O3. The first kappa shape index (κ1) is 22.2. The average Bonchev–Trinajstić information content (AvgIpc) is 3.27. The van der Waals surface area contributed by atoms with Gasteiger partial charge in [-0.05, 0) is 19.9 Å². The van der Waals surface area contributed by atoms with Crippen LogP contribution in [0.4, 0.5) is 19.0 Å². The second-order valence-corrected chi connectivity index (χ2v) is 7.58. The van der Waals surface area contributed by atoms with E-state index in [0.29, 0.717) is 35.9 Å². The van der Waals surface area contributed by atoms with E-state index >= 15 is 0 Å². The van der Waals surface area contributed by atoms with Crippen LogP contribution in [0.3, 0.4) is 0 Å². The number of ether oxygens (including phenoxy) is 2. The SMILES string of the molecule is Cc1nc(N[C@H](C)c2cccc(C(F)(F)CO)c2F)c2cc(O[C@H]3CCOC3)nnc2n1. The zero-order valence-corrected chi connectivity index (χ0v) is 17.5. The summed E-state index contributed by atoms with van der Waals surface area (Å²) in [6, 6.07) is 4.57. The minimum absolute atomic E-state index is 0.00151. The second kappa shape index (κ2) is 8.83. The van der Waals surface area contributed by atoms with E-state index in [9.17, 15) is 13.2 Å². The molecule has 0 bridgehead atoms. The van der Waals surface area contributed by atoms with Crippen LogP contribution in [-0.2, 0) is 10.7 Å². The number of alkyl halides is 2. The van der Waals surface area contributed by atoms with E-state index in [0.717, 1.165) is 12.5 Å². The highest BCUT2D eigenvalue weighted by Crippen LogP contribution is 2.34. The highest BCUT2D eigenvalue weighted by Gasteiger charge is 2.35. The fourth-order valence-corrected chi connectivity index (χ4v) is 3.50. The van der Waals surface area contributed by atoms with Gasteiger partial charge in [0.1, 0.15) is 30.2 Å². The lowest BCUT2D eigenvalue weighted by molar-refractivity contribution is -0.0583. The lowest BCUT2D eigenvalue weighted by Gasteiger charge is -2.21. The summed E-state index contributed by atoms with van der Waals surface area (Å²) in [5.41, 5.74) is -0.555. The van der Waals surface area contributed by atoms with Crippen molar-refractivity contribution in [2.75, 3.05) is 25.1 Å². The molecule has 170 valence electrons. The number of benzene rings is 1. The lowest BCUT2D eigenvalue weighted by atomic mass is 10.0. The van der Waals surface area contributed by atoms with E-state index in [1.807, 2.05) is 0 Å². The summed E-state index contributed by atoms with van der Waals surface area (Å²) in [5.74, 6) is -3.77. The third kappa shape index (κ3) is 4.44. The van der Waals surface area contributed by atoms with Crippen LogP contribution < -0.4 is 10.1 Å². The predicted octanol–water partition coefficient (Wildman–Crippen LogP) is 3.29. The maximum atomic E-state index is 14.9. The van der Waals surface area contributed by atoms with E-state index in [-0.39, 0.29) is 17.5 Å². The maximum Gasteiger partial charge on any atom is 0.298 e. The molecular weight excluding hydrogens is 427 g/mol. The van der Waals surface area contributed by atoms with Crippen molar-refractivity contribution in [1.29, 1.82) is 0 Å². The summed E-state index contributed by atoms with van der Waals surface area (Å²) in [6.07, 6.45) is 0.605. The van der Waals surface area contributed by atoms with Crippen LogP contribution in [-0.4, -0.2) is 51.2 Å². The number of aliphatic hydroxyl groups is 1. The fraction of sp³-hybridized carbons (Fsp3) is 0.429. The Hall–Kier alpha value is -3.05. The number of aromatic nitrogens is 4. The van der Waals surface area contributed by atoms with Gasteiger partial charge < -0.3 is 19.9 Å². The highest BCUT2D eigenvalue weighted by molar-refractivity contribution is 5.87. The first-order valence-electron chi connectivity index (χ1n) is 10.1. The van der Waals surface area contributed by atoms with E-state index in [4.69, 9.17) is 14.6 Å². The topological polar surface area (TPSA) is 102 Å². The summed E-state index contributed by atoms with van der Waals surface area (Å²) in [6.45, 7) is 2.86. The Bertz CT molecular complexity index is 1130. The number of nitrogens with zero attached hydrogens (tertiary/aromatic N) is 4. The molecule has 4 rings (SSSR count). The average molecular weight is 449 g/mol. The van der Waals surface area contributed by atoms with Crippen LogP contribution in [0.2, 0.25) is 0 Å². The molecule has 0 aliphatic carbocycles. The number of nitrogens with one attached hydrogen (secondary N) is 1. The van der Waals surface area contributed by atoms with Gasteiger partial charge in [0.2, 0.25) is 5.88 Å². The Morgan fingerprint density at radius 2 is 2.12 bits per heavy atom. The van der Waals surface area contributed by atoms with Gasteiger partial charge in [0, 0.05) is 18.1 Å². The molecule has 0 radical (unpaired) electrons. The molecule has 1 aromatic carbocycles. The Labute approximate surface area is 181 Å². The van der Waals surface area contributed by atoms with Crippen LogP contribution >= 0.6 is 0 Å². The van der Waals surface area contributed by atoms with Crippen molar-refractivity contribution >= 4 is 16.9 Å². The molecule has 0 amide bonds. The van der Waals surface area contributed by atoms with Crippen LogP contribution in [0.25, 0.3) is 11.0 Å². The van der Waals surface area contributed by atoms with E-state index in [1.165, 1.54) is 12.1 Å². The molecule has 0 saturated carbocycles. The molecule has 3 heterocycles. The number of hydrogen-bond donors (Lipinski definition) is 2. The van der Waals surface area contributed by atoms with Crippen molar-refractivity contribution < 1.29 is 27.8 Å². The molecule has 1 aliphatic rings. The molecule has 11 heteroatoms. The van der Waals surface area contributed by atoms with Gasteiger partial charge in [0.15, 0.2) is 5.65 Å². The van der Waals surface area contributed by atoms with Crippen LogP contribution in [0.15, 0.2) is 24.3 Å². The van der Waals surface area contributed by atoms with Crippen LogP contribution in [0, 0.1) is 12.7 Å². The molecule has 3 aromatic rings. The monoisotopic (exact) mass is 449 g/mol. The van der Waals surface area contributed by atoms with Crippen molar-refractivity contribution in [3.05, 3.63) is 47.0 Å². The van der Waals surface area contributed by atoms with Gasteiger partial charge in [-0.3, -0.25) is 0 Å². The van der Waals surface area contributed by atoms with E-state index < -0.39 is 30.0 Å². The molecule has 0 spiro atoms. The summed E-state index contributed by atoms with van der Waals surface area (Å²) >= 11 is 0. The zero-order valence-electron chi connectivity index (χ0n) is 17.5. The molecule has 2 aromatic heterocycles. The third-order valence-corrected chi connectivity index (χ3v) is 5.16. The molecule has 2 N–H and O–H groups in total. The molecule has 2 atom stereocenters. The van der Waals surface area contributed by atoms with Gasteiger partial charge >= 0.3 is 0 Å². The van der Waals surface area contributed by atoms with Gasteiger partial charge in [0.05, 0.1) is 30.2 Å². The van der Waals surface area contributed by atoms with Crippen molar-refractivity contribution in [1.82, 2.24) is 20.2 Å². The molecule has 32 heavy (non-hydrogen) atoms. The fourth-order valence-electron chi connectivity index (χ4n) is 3.50. The van der Waals surface area contributed by atoms with E-state index in [1.54, 1.807) is 19.9 Å². The molecule has 8 nitrogen and oxygen atoms in total. The Morgan fingerprint density at radius 3 is 2.84 bits per heavy atom. The first-order valence-corrected chi connectivity index (χ1v) is 10.1. The molecule has 1 saturated heterocycles. The zero-order chi connectivity index (χ0) is 22.9. The van der Waals surface area contributed by atoms with Crippen molar-refractivity contribution in [2.45, 2.75) is 38.3 Å². The minimum Gasteiger partial charge on any atom is -0.471 e. The first-order chi connectivity index (χ1) is 15.3. The summed E-state index contributed by atoms with van der Waals surface area (Å²) in [7, 11) is 0. The van der Waals surface area contributed by atoms with Crippen LogP contribution in [0.5, 0.6) is 5.88 Å². The quantitative estimate of drug-likeness (QED) is 0.567. The summed E-state index contributed by atoms with van der Waals surface area (Å²) < 4.78 is 53.8. The Kier molecular flexibility index (Phi) is 6.11. The predicted molar refractivity (Wildman–Crippen MR) is 109 cm³/mol. The lowest BCUT2D eigenvalue weighted by Crippen LogP contribution is -2.22. The van der Waals surface area contributed by atoms with Gasteiger partial charge in [-0.25, -0.2) is 14.4 Å². The standard InChI is InChI=1S/C21H22F3N5O3/c1-11(14-4-3-5-16(18(14)22)21(23,24)10-30)25-19-15-8-17(32-13-6-7-31-9-13)28-29-20(15)27-12(2)26-19/h3-5,8,11,13,30H,6-7,9-10H2,1-2H3,(H,25,26,27,29)/t11-,13+/m1/s1. The Morgan fingerprint density at radius 1 is 1.31 bits per heavy atom. The van der Waals surface area contributed by atoms with Gasteiger partial charge in [0.25, 0.3) is 5.92 Å². The second-order valence-electron chi connectivity index (χ2n) is 7.58.